The molecule has 0 radical (unpaired) electrons. The molecule has 1 aliphatic heterocycles. The van der Waals surface area contributed by atoms with Gasteiger partial charge >= 0.3 is 5.97 Å². The molecule has 1 amide bonds. The van der Waals surface area contributed by atoms with Gasteiger partial charge in [-0.2, -0.15) is 5.10 Å². The van der Waals surface area contributed by atoms with E-state index in [2.05, 4.69) is 21.4 Å². The van der Waals surface area contributed by atoms with Gasteiger partial charge in [0.2, 0.25) is 0 Å². The van der Waals surface area contributed by atoms with Crippen molar-refractivity contribution in [1.82, 2.24) is 16.3 Å². The molecule has 1 fully saturated rings. The Kier molecular flexibility index (Phi) is 7.28. The topological polar surface area (TPSA) is 101 Å². The summed E-state index contributed by atoms with van der Waals surface area (Å²) in [5.41, 5.74) is 9.18. The first kappa shape index (κ1) is 22.0. The Morgan fingerprint density at radius 3 is 2.63 bits per heavy atom. The lowest BCUT2D eigenvalue weighted by atomic mass is 10.1. The lowest BCUT2D eigenvalue weighted by Crippen LogP contribution is -2.41. The summed E-state index contributed by atoms with van der Waals surface area (Å²) in [5.74, 6) is -0.347. The third kappa shape index (κ3) is 5.48. The van der Waals surface area contributed by atoms with Gasteiger partial charge in [0.05, 0.1) is 23.9 Å². The molecule has 0 saturated carbocycles. The Morgan fingerprint density at radius 1 is 1.17 bits per heavy atom. The normalized spacial score (nSPS) is 18.4. The highest BCUT2D eigenvalue weighted by molar-refractivity contribution is 6.36. The van der Waals surface area contributed by atoms with E-state index in [0.717, 1.165) is 0 Å². The molecule has 2 aromatic carbocycles. The van der Waals surface area contributed by atoms with Gasteiger partial charge in [-0.1, -0.05) is 23.2 Å². The molecule has 30 heavy (non-hydrogen) atoms. The van der Waals surface area contributed by atoms with Crippen LogP contribution in [0.25, 0.3) is 0 Å². The minimum Gasteiger partial charge on any atom is -0.493 e. The van der Waals surface area contributed by atoms with Crippen LogP contribution >= 0.6 is 23.2 Å². The molecule has 1 heterocycles. The van der Waals surface area contributed by atoms with Crippen molar-refractivity contribution in [2.45, 2.75) is 25.4 Å². The van der Waals surface area contributed by atoms with Gasteiger partial charge in [0.15, 0.2) is 11.5 Å². The standard InChI is InChI=1S/C20H20Cl2N4O4/c1-11-7-16(25-24-11)19(27)26-23-10-12-3-6-17(18(8-12)29-2)30-20(28)14-5-4-13(21)9-15(14)22/h3-6,8-11,16,24-25H,7H2,1-2H3,(H,26,27)/b23-10+. The van der Waals surface area contributed by atoms with Crippen LogP contribution in [-0.4, -0.2) is 37.3 Å². The molecule has 1 aliphatic rings. The molecule has 10 heteroatoms. The number of rotatable bonds is 6. The number of hydrogen-bond acceptors (Lipinski definition) is 7. The fourth-order valence-corrected chi connectivity index (χ4v) is 3.28. The highest BCUT2D eigenvalue weighted by Crippen LogP contribution is 2.29. The van der Waals surface area contributed by atoms with Crippen molar-refractivity contribution < 1.29 is 19.1 Å². The summed E-state index contributed by atoms with van der Waals surface area (Å²) >= 11 is 11.9. The third-order valence-electron chi connectivity index (χ3n) is 4.34. The number of methoxy groups -OCH3 is 1. The molecule has 0 aromatic heterocycles. The number of hydrogen-bond donors (Lipinski definition) is 3. The largest absolute Gasteiger partial charge is 0.493 e. The summed E-state index contributed by atoms with van der Waals surface area (Å²) in [7, 11) is 1.45. The second-order valence-electron chi connectivity index (χ2n) is 6.64. The minimum absolute atomic E-state index is 0.181. The zero-order valence-corrected chi connectivity index (χ0v) is 17.8. The van der Waals surface area contributed by atoms with E-state index in [-0.39, 0.29) is 34.3 Å². The van der Waals surface area contributed by atoms with E-state index in [1.165, 1.54) is 25.5 Å². The number of nitrogens with zero attached hydrogens (tertiary/aromatic N) is 1. The van der Waals surface area contributed by atoms with E-state index in [9.17, 15) is 9.59 Å². The van der Waals surface area contributed by atoms with Crippen LogP contribution in [0.3, 0.4) is 0 Å². The van der Waals surface area contributed by atoms with Crippen LogP contribution in [0.1, 0.15) is 29.3 Å². The van der Waals surface area contributed by atoms with Gasteiger partial charge in [-0.25, -0.2) is 15.6 Å². The maximum absolute atomic E-state index is 12.4. The number of esters is 1. The molecule has 8 nitrogen and oxygen atoms in total. The van der Waals surface area contributed by atoms with Crippen LogP contribution in [-0.2, 0) is 4.79 Å². The van der Waals surface area contributed by atoms with Crippen LogP contribution in [0.5, 0.6) is 11.5 Å². The zero-order chi connectivity index (χ0) is 21.7. The van der Waals surface area contributed by atoms with Gasteiger partial charge in [-0.15, -0.1) is 0 Å². The fraction of sp³-hybridized carbons (Fsp3) is 0.250. The molecule has 0 spiro atoms. The Labute approximate surface area is 183 Å². The summed E-state index contributed by atoms with van der Waals surface area (Å²) in [4.78, 5) is 24.4. The molecule has 0 bridgehead atoms. The highest BCUT2D eigenvalue weighted by atomic mass is 35.5. The van der Waals surface area contributed by atoms with Crippen LogP contribution in [0.2, 0.25) is 10.0 Å². The van der Waals surface area contributed by atoms with E-state index in [0.29, 0.717) is 22.8 Å². The minimum atomic E-state index is -0.643. The summed E-state index contributed by atoms with van der Waals surface area (Å²) in [6.45, 7) is 1.98. The molecule has 0 aliphatic carbocycles. The van der Waals surface area contributed by atoms with E-state index < -0.39 is 5.97 Å². The van der Waals surface area contributed by atoms with Crippen molar-refractivity contribution in [3.8, 4) is 11.5 Å². The number of halogens is 2. The number of ether oxygens (including phenoxy) is 2. The van der Waals surface area contributed by atoms with Gasteiger partial charge in [-0.05, 0) is 55.3 Å². The van der Waals surface area contributed by atoms with Crippen LogP contribution < -0.4 is 25.8 Å². The average molecular weight is 451 g/mol. The van der Waals surface area contributed by atoms with Crippen molar-refractivity contribution in [3.05, 3.63) is 57.6 Å². The first-order valence-electron chi connectivity index (χ1n) is 9.06. The number of nitrogens with one attached hydrogen (secondary N) is 3. The van der Waals surface area contributed by atoms with Crippen molar-refractivity contribution in [1.29, 1.82) is 0 Å². The number of hydrazine groups is 1. The maximum atomic E-state index is 12.4. The molecule has 1 saturated heterocycles. The number of carbonyl (C=O) groups is 2. The van der Waals surface area contributed by atoms with E-state index in [1.54, 1.807) is 24.3 Å². The first-order valence-corrected chi connectivity index (χ1v) is 9.82. The lowest BCUT2D eigenvalue weighted by molar-refractivity contribution is -0.122. The number of benzene rings is 2. The lowest BCUT2D eigenvalue weighted by Gasteiger charge is -2.11. The van der Waals surface area contributed by atoms with Gasteiger partial charge < -0.3 is 9.47 Å². The SMILES string of the molecule is COc1cc(/C=N/NC(=O)C2CC(C)NN2)ccc1OC(=O)c1ccc(Cl)cc1Cl. The van der Waals surface area contributed by atoms with Crippen LogP contribution in [0.15, 0.2) is 41.5 Å². The molecule has 158 valence electrons. The number of amides is 1. The Balaban J connectivity index is 1.65. The second kappa shape index (κ2) is 9.90. The molecular weight excluding hydrogens is 431 g/mol. The monoisotopic (exact) mass is 450 g/mol. The second-order valence-corrected chi connectivity index (χ2v) is 7.48. The predicted molar refractivity (Wildman–Crippen MR) is 114 cm³/mol. The van der Waals surface area contributed by atoms with Gasteiger partial charge in [-0.3, -0.25) is 10.2 Å². The summed E-state index contributed by atoms with van der Waals surface area (Å²) in [6, 6.07) is 9.23. The van der Waals surface area contributed by atoms with E-state index in [1.807, 2.05) is 6.92 Å². The average Bonchev–Trinajstić information content (AvgIpc) is 3.15. The number of hydrazone groups is 1. The third-order valence-corrected chi connectivity index (χ3v) is 4.89. The van der Waals surface area contributed by atoms with E-state index >= 15 is 0 Å². The predicted octanol–water partition coefficient (Wildman–Crippen LogP) is 2.93. The van der Waals surface area contributed by atoms with Gasteiger partial charge in [0.1, 0.15) is 6.04 Å². The van der Waals surface area contributed by atoms with Crippen LogP contribution in [0, 0.1) is 0 Å². The fourth-order valence-electron chi connectivity index (χ4n) is 2.79. The number of carbonyl (C=O) groups excluding carboxylic acids is 2. The highest BCUT2D eigenvalue weighted by Gasteiger charge is 2.26. The molecule has 3 N–H and O–H groups in total. The zero-order valence-electron chi connectivity index (χ0n) is 16.2. The maximum Gasteiger partial charge on any atom is 0.345 e. The molecular formula is C20H20Cl2N4O4. The smallest absolute Gasteiger partial charge is 0.345 e. The van der Waals surface area contributed by atoms with Crippen molar-refractivity contribution in [2.75, 3.05) is 7.11 Å². The molecule has 3 rings (SSSR count). The van der Waals surface area contributed by atoms with Crippen molar-refractivity contribution in [2.24, 2.45) is 5.10 Å². The first-order chi connectivity index (χ1) is 14.4. The quantitative estimate of drug-likeness (QED) is 0.270. The summed E-state index contributed by atoms with van der Waals surface area (Å²) < 4.78 is 10.7. The van der Waals surface area contributed by atoms with E-state index in [4.69, 9.17) is 32.7 Å². The Hall–Kier alpha value is -2.65. The summed E-state index contributed by atoms with van der Waals surface area (Å²) in [6.07, 6.45) is 2.14. The Morgan fingerprint density at radius 2 is 1.97 bits per heavy atom. The van der Waals surface area contributed by atoms with Crippen molar-refractivity contribution >= 4 is 41.3 Å². The molecule has 2 aromatic rings. The van der Waals surface area contributed by atoms with Gasteiger partial charge in [0, 0.05) is 11.1 Å². The van der Waals surface area contributed by atoms with Crippen molar-refractivity contribution in [3.63, 3.8) is 0 Å². The molecule has 2 atom stereocenters. The Bertz CT molecular complexity index is 983. The molecule has 2 unspecified atom stereocenters. The summed E-state index contributed by atoms with van der Waals surface area (Å²) in [5, 5.41) is 4.56. The van der Waals surface area contributed by atoms with Crippen LogP contribution in [0.4, 0.5) is 0 Å². The van der Waals surface area contributed by atoms with Gasteiger partial charge in [0.25, 0.3) is 5.91 Å².